The molecule has 0 bridgehead atoms. The number of hydrogen-bond acceptors (Lipinski definition) is 2. The van der Waals surface area contributed by atoms with Gasteiger partial charge in [-0.15, -0.1) is 0 Å². The number of nitrogens with one attached hydrogen (secondary N) is 1. The van der Waals surface area contributed by atoms with Crippen molar-refractivity contribution in [2.45, 2.75) is 25.6 Å². The molecule has 0 aromatic heterocycles. The molecule has 0 aliphatic carbocycles. The Morgan fingerprint density at radius 2 is 1.68 bits per heavy atom. The fourth-order valence-corrected chi connectivity index (χ4v) is 1.93. The lowest BCUT2D eigenvalue weighted by Crippen LogP contribution is -2.31. The van der Waals surface area contributed by atoms with Crippen LogP contribution in [0.5, 0.6) is 0 Å². The third-order valence-corrected chi connectivity index (χ3v) is 3.16. The lowest BCUT2D eigenvalue weighted by atomic mass is 10.0. The zero-order chi connectivity index (χ0) is 13.7. The number of rotatable bonds is 5. The third kappa shape index (κ3) is 3.88. The molecule has 0 saturated carbocycles. The highest BCUT2D eigenvalue weighted by Crippen LogP contribution is 2.16. The molecule has 0 aliphatic heterocycles. The summed E-state index contributed by atoms with van der Waals surface area (Å²) in [6.07, 6.45) is -0.554. The molecular formula is C16H18FNO. The zero-order valence-electron chi connectivity index (χ0n) is 10.9. The van der Waals surface area contributed by atoms with Crippen LogP contribution in [0.25, 0.3) is 0 Å². The van der Waals surface area contributed by atoms with Crippen LogP contribution in [0.3, 0.4) is 0 Å². The van der Waals surface area contributed by atoms with Crippen molar-refractivity contribution < 1.29 is 9.50 Å². The van der Waals surface area contributed by atoms with Crippen LogP contribution >= 0.6 is 0 Å². The standard InChI is InChI=1S/C16H18FNO/c1-12(16(19)14-5-3-2-4-6-14)18-11-13-7-9-15(17)10-8-13/h2-10,12,16,18-19H,11H2,1H3/t12-,16-/m0/s1. The minimum absolute atomic E-state index is 0.0764. The highest BCUT2D eigenvalue weighted by Gasteiger charge is 2.15. The minimum Gasteiger partial charge on any atom is -0.387 e. The van der Waals surface area contributed by atoms with Crippen LogP contribution in [0.1, 0.15) is 24.2 Å². The summed E-state index contributed by atoms with van der Waals surface area (Å²) in [5.74, 6) is -0.235. The Morgan fingerprint density at radius 1 is 1.05 bits per heavy atom. The van der Waals surface area contributed by atoms with Gasteiger partial charge >= 0.3 is 0 Å². The van der Waals surface area contributed by atoms with E-state index in [0.29, 0.717) is 6.54 Å². The van der Waals surface area contributed by atoms with E-state index in [2.05, 4.69) is 5.32 Å². The van der Waals surface area contributed by atoms with Crippen LogP contribution < -0.4 is 5.32 Å². The second-order valence-corrected chi connectivity index (χ2v) is 4.65. The van der Waals surface area contributed by atoms with E-state index in [1.165, 1.54) is 12.1 Å². The lowest BCUT2D eigenvalue weighted by Gasteiger charge is -2.20. The molecule has 0 heterocycles. The van der Waals surface area contributed by atoms with Crippen molar-refractivity contribution in [1.29, 1.82) is 0 Å². The zero-order valence-corrected chi connectivity index (χ0v) is 10.9. The Morgan fingerprint density at radius 3 is 2.32 bits per heavy atom. The van der Waals surface area contributed by atoms with Gasteiger partial charge in [0.2, 0.25) is 0 Å². The molecule has 100 valence electrons. The SMILES string of the molecule is C[C@H](NCc1ccc(F)cc1)[C@H](O)c1ccccc1. The van der Waals surface area contributed by atoms with Crippen LogP contribution in [0.2, 0.25) is 0 Å². The summed E-state index contributed by atoms with van der Waals surface area (Å²) in [6, 6.07) is 15.8. The summed E-state index contributed by atoms with van der Waals surface area (Å²) in [7, 11) is 0. The van der Waals surface area contributed by atoms with Crippen molar-refractivity contribution in [3.63, 3.8) is 0 Å². The first-order valence-corrected chi connectivity index (χ1v) is 6.37. The molecule has 19 heavy (non-hydrogen) atoms. The molecule has 0 fully saturated rings. The van der Waals surface area contributed by atoms with E-state index in [0.717, 1.165) is 11.1 Å². The first kappa shape index (κ1) is 13.7. The second-order valence-electron chi connectivity index (χ2n) is 4.65. The summed E-state index contributed by atoms with van der Waals surface area (Å²) in [4.78, 5) is 0. The van der Waals surface area contributed by atoms with E-state index in [1.54, 1.807) is 12.1 Å². The number of hydrogen-bond donors (Lipinski definition) is 2. The maximum absolute atomic E-state index is 12.8. The van der Waals surface area contributed by atoms with E-state index in [1.807, 2.05) is 37.3 Å². The van der Waals surface area contributed by atoms with Gasteiger partial charge in [-0.3, -0.25) is 0 Å². The number of aliphatic hydroxyl groups excluding tert-OH is 1. The van der Waals surface area contributed by atoms with Gasteiger partial charge < -0.3 is 10.4 Å². The fraction of sp³-hybridized carbons (Fsp3) is 0.250. The smallest absolute Gasteiger partial charge is 0.123 e. The lowest BCUT2D eigenvalue weighted by molar-refractivity contribution is 0.135. The summed E-state index contributed by atoms with van der Waals surface area (Å²) in [5, 5.41) is 13.4. The van der Waals surface area contributed by atoms with Crippen LogP contribution in [0.4, 0.5) is 4.39 Å². The maximum atomic E-state index is 12.8. The normalized spacial score (nSPS) is 14.1. The van der Waals surface area contributed by atoms with Crippen molar-refractivity contribution in [3.8, 4) is 0 Å². The molecule has 0 spiro atoms. The van der Waals surface area contributed by atoms with Crippen LogP contribution in [-0.2, 0) is 6.54 Å². The van der Waals surface area contributed by atoms with Crippen molar-refractivity contribution in [1.82, 2.24) is 5.32 Å². The Bertz CT molecular complexity index is 498. The molecule has 0 amide bonds. The summed E-state index contributed by atoms with van der Waals surface area (Å²) < 4.78 is 12.8. The Labute approximate surface area is 112 Å². The van der Waals surface area contributed by atoms with Gasteiger partial charge in [-0.05, 0) is 30.2 Å². The average Bonchev–Trinajstić information content (AvgIpc) is 2.46. The highest BCUT2D eigenvalue weighted by molar-refractivity contribution is 5.19. The number of aliphatic hydroxyl groups is 1. The quantitative estimate of drug-likeness (QED) is 0.865. The fourth-order valence-electron chi connectivity index (χ4n) is 1.93. The second kappa shape index (κ2) is 6.45. The van der Waals surface area contributed by atoms with Crippen molar-refractivity contribution in [3.05, 3.63) is 71.5 Å². The van der Waals surface area contributed by atoms with Gasteiger partial charge in [-0.1, -0.05) is 42.5 Å². The van der Waals surface area contributed by atoms with Gasteiger partial charge in [-0.25, -0.2) is 4.39 Å². The van der Waals surface area contributed by atoms with Crippen LogP contribution in [-0.4, -0.2) is 11.1 Å². The van der Waals surface area contributed by atoms with Crippen LogP contribution in [0.15, 0.2) is 54.6 Å². The number of benzene rings is 2. The minimum atomic E-state index is -0.554. The predicted octanol–water partition coefficient (Wildman–Crippen LogP) is 3.04. The monoisotopic (exact) mass is 259 g/mol. The average molecular weight is 259 g/mol. The number of halogens is 1. The summed E-state index contributed by atoms with van der Waals surface area (Å²) in [6.45, 7) is 2.53. The van der Waals surface area contributed by atoms with E-state index < -0.39 is 6.10 Å². The van der Waals surface area contributed by atoms with Gasteiger partial charge in [0.15, 0.2) is 0 Å². The van der Waals surface area contributed by atoms with Crippen molar-refractivity contribution >= 4 is 0 Å². The van der Waals surface area contributed by atoms with Crippen molar-refractivity contribution in [2.24, 2.45) is 0 Å². The topological polar surface area (TPSA) is 32.3 Å². The van der Waals surface area contributed by atoms with Gasteiger partial charge in [-0.2, -0.15) is 0 Å². The molecule has 2 aromatic carbocycles. The Kier molecular flexibility index (Phi) is 4.66. The van der Waals surface area contributed by atoms with E-state index in [4.69, 9.17) is 0 Å². The highest BCUT2D eigenvalue weighted by atomic mass is 19.1. The van der Waals surface area contributed by atoms with Gasteiger partial charge in [0.1, 0.15) is 5.82 Å². The summed E-state index contributed by atoms with van der Waals surface area (Å²) >= 11 is 0. The molecular weight excluding hydrogens is 241 g/mol. The summed E-state index contributed by atoms with van der Waals surface area (Å²) in [5.41, 5.74) is 1.88. The molecule has 2 nitrogen and oxygen atoms in total. The molecule has 0 unspecified atom stereocenters. The maximum Gasteiger partial charge on any atom is 0.123 e. The molecule has 0 saturated heterocycles. The van der Waals surface area contributed by atoms with Gasteiger partial charge in [0.05, 0.1) is 6.10 Å². The van der Waals surface area contributed by atoms with Gasteiger partial charge in [0.25, 0.3) is 0 Å². The van der Waals surface area contributed by atoms with E-state index in [-0.39, 0.29) is 11.9 Å². The first-order chi connectivity index (χ1) is 9.16. The molecule has 0 aliphatic rings. The van der Waals surface area contributed by atoms with E-state index in [9.17, 15) is 9.50 Å². The molecule has 2 rings (SSSR count). The molecule has 2 N–H and O–H groups in total. The van der Waals surface area contributed by atoms with Gasteiger partial charge in [0, 0.05) is 12.6 Å². The molecule has 2 aromatic rings. The first-order valence-electron chi connectivity index (χ1n) is 6.37. The Hall–Kier alpha value is -1.71. The predicted molar refractivity (Wildman–Crippen MR) is 74.1 cm³/mol. The Balaban J connectivity index is 1.90. The third-order valence-electron chi connectivity index (χ3n) is 3.16. The van der Waals surface area contributed by atoms with Crippen LogP contribution in [0, 0.1) is 5.82 Å². The molecule has 2 atom stereocenters. The molecule has 0 radical (unpaired) electrons. The molecule has 3 heteroatoms. The van der Waals surface area contributed by atoms with E-state index >= 15 is 0 Å². The van der Waals surface area contributed by atoms with Crippen molar-refractivity contribution in [2.75, 3.05) is 0 Å². The largest absolute Gasteiger partial charge is 0.387 e.